The second kappa shape index (κ2) is 9.91. The zero-order valence-electron chi connectivity index (χ0n) is 16.9. The van der Waals surface area contributed by atoms with Crippen LogP contribution in [0.25, 0.3) is 17.0 Å². The largest absolute Gasteiger partial charge is 0.449 e. The Labute approximate surface area is 179 Å². The molecule has 1 aromatic heterocycles. The molecular formula is C24H20N4O3. The van der Waals surface area contributed by atoms with Crippen molar-refractivity contribution in [2.75, 3.05) is 5.32 Å². The number of para-hydroxylation sites is 1. The SMILES string of the molecule is C[C@@H](OC(=O)/C=C/c1cn(CCC#N)c2ccccc12)C(=O)Nc1cccc(C#N)c1. The summed E-state index contributed by atoms with van der Waals surface area (Å²) in [6.07, 6.45) is 4.16. The lowest BCUT2D eigenvalue weighted by Crippen LogP contribution is -2.29. The Morgan fingerprint density at radius 3 is 2.77 bits per heavy atom. The van der Waals surface area contributed by atoms with Crippen LogP contribution in [0.4, 0.5) is 5.69 Å². The van der Waals surface area contributed by atoms with Gasteiger partial charge in [-0.15, -0.1) is 0 Å². The van der Waals surface area contributed by atoms with E-state index in [1.165, 1.54) is 19.1 Å². The van der Waals surface area contributed by atoms with Crippen LogP contribution in [0.2, 0.25) is 0 Å². The van der Waals surface area contributed by atoms with Gasteiger partial charge in [0.15, 0.2) is 6.10 Å². The standard InChI is InChI=1S/C24H20N4O3/c1-17(24(30)27-20-7-4-6-18(14-20)15-26)31-23(29)11-10-19-16-28(13-5-12-25)22-9-3-2-8-21(19)22/h2-4,6-11,14,16-17H,5,13H2,1H3,(H,27,30)/b11-10+/t17-/m1/s1. The zero-order chi connectivity index (χ0) is 22.2. The number of anilines is 1. The smallest absolute Gasteiger partial charge is 0.331 e. The Hall–Kier alpha value is -4.36. The highest BCUT2D eigenvalue weighted by Gasteiger charge is 2.17. The van der Waals surface area contributed by atoms with Crippen LogP contribution in [0.3, 0.4) is 0 Å². The zero-order valence-corrected chi connectivity index (χ0v) is 16.9. The van der Waals surface area contributed by atoms with E-state index in [0.29, 0.717) is 24.2 Å². The lowest BCUT2D eigenvalue weighted by molar-refractivity contribution is -0.148. The maximum absolute atomic E-state index is 12.3. The van der Waals surface area contributed by atoms with Gasteiger partial charge in [0.05, 0.1) is 24.1 Å². The first-order valence-electron chi connectivity index (χ1n) is 9.66. The van der Waals surface area contributed by atoms with Gasteiger partial charge in [-0.3, -0.25) is 4.79 Å². The van der Waals surface area contributed by atoms with Crippen molar-refractivity contribution in [3.8, 4) is 12.1 Å². The first kappa shape index (κ1) is 21.4. The van der Waals surface area contributed by atoms with Crippen molar-refractivity contribution >= 4 is 34.5 Å². The number of nitrogens with one attached hydrogen (secondary N) is 1. The summed E-state index contributed by atoms with van der Waals surface area (Å²) in [6.45, 7) is 2.03. The average Bonchev–Trinajstić information content (AvgIpc) is 3.14. The Morgan fingerprint density at radius 1 is 1.19 bits per heavy atom. The van der Waals surface area contributed by atoms with Crippen molar-refractivity contribution in [3.05, 3.63) is 71.9 Å². The number of benzene rings is 2. The number of nitrogens with zero attached hydrogens (tertiary/aromatic N) is 3. The van der Waals surface area contributed by atoms with Crippen LogP contribution in [0.5, 0.6) is 0 Å². The molecule has 1 N–H and O–H groups in total. The summed E-state index contributed by atoms with van der Waals surface area (Å²) in [5.74, 6) is -1.15. The van der Waals surface area contributed by atoms with E-state index in [9.17, 15) is 9.59 Å². The van der Waals surface area contributed by atoms with Gasteiger partial charge in [-0.25, -0.2) is 4.79 Å². The molecule has 154 valence electrons. The normalized spacial score (nSPS) is 11.6. The van der Waals surface area contributed by atoms with E-state index < -0.39 is 18.0 Å². The highest BCUT2D eigenvalue weighted by molar-refractivity contribution is 5.98. The third-order valence-corrected chi connectivity index (χ3v) is 4.60. The number of nitriles is 2. The Balaban J connectivity index is 1.65. The number of ether oxygens (including phenoxy) is 1. The molecule has 0 saturated heterocycles. The molecule has 2 aromatic carbocycles. The van der Waals surface area contributed by atoms with E-state index in [0.717, 1.165) is 16.5 Å². The predicted octanol–water partition coefficient (Wildman–Crippen LogP) is 4.01. The predicted molar refractivity (Wildman–Crippen MR) is 117 cm³/mol. The quantitative estimate of drug-likeness (QED) is 0.466. The average molecular weight is 412 g/mol. The van der Waals surface area contributed by atoms with Crippen LogP contribution in [-0.2, 0) is 20.9 Å². The van der Waals surface area contributed by atoms with Gasteiger partial charge < -0.3 is 14.6 Å². The van der Waals surface area contributed by atoms with Crippen molar-refractivity contribution in [2.24, 2.45) is 0 Å². The molecule has 0 spiro atoms. The molecule has 0 radical (unpaired) electrons. The summed E-state index contributed by atoms with van der Waals surface area (Å²) in [4.78, 5) is 24.5. The van der Waals surface area contributed by atoms with Crippen LogP contribution in [0.15, 0.2) is 60.8 Å². The minimum atomic E-state index is -1.01. The summed E-state index contributed by atoms with van der Waals surface area (Å²) in [5.41, 5.74) is 2.65. The molecule has 0 aliphatic rings. The topological polar surface area (TPSA) is 108 Å². The molecule has 1 amide bonds. The van der Waals surface area contributed by atoms with E-state index in [1.54, 1.807) is 24.3 Å². The van der Waals surface area contributed by atoms with Gasteiger partial charge in [0, 0.05) is 41.0 Å². The summed E-state index contributed by atoms with van der Waals surface area (Å²) in [5, 5.41) is 21.4. The number of hydrogen-bond donors (Lipinski definition) is 1. The Kier molecular flexibility index (Phi) is 6.82. The Bertz CT molecular complexity index is 1230. The number of carbonyl (C=O) groups is 2. The van der Waals surface area contributed by atoms with Crippen molar-refractivity contribution in [3.63, 3.8) is 0 Å². The van der Waals surface area contributed by atoms with E-state index in [4.69, 9.17) is 15.3 Å². The van der Waals surface area contributed by atoms with E-state index in [1.807, 2.05) is 41.1 Å². The van der Waals surface area contributed by atoms with Crippen molar-refractivity contribution in [1.29, 1.82) is 10.5 Å². The van der Waals surface area contributed by atoms with E-state index in [2.05, 4.69) is 11.4 Å². The molecular weight excluding hydrogens is 392 g/mol. The van der Waals surface area contributed by atoms with Crippen LogP contribution < -0.4 is 5.32 Å². The summed E-state index contributed by atoms with van der Waals surface area (Å²) in [6, 6.07) is 18.3. The lowest BCUT2D eigenvalue weighted by atomic mass is 10.1. The van der Waals surface area contributed by atoms with Crippen LogP contribution in [0.1, 0.15) is 24.5 Å². The molecule has 3 rings (SSSR count). The van der Waals surface area contributed by atoms with Gasteiger partial charge >= 0.3 is 5.97 Å². The first-order valence-corrected chi connectivity index (χ1v) is 9.66. The number of rotatable bonds is 7. The third-order valence-electron chi connectivity index (χ3n) is 4.60. The number of aryl methyl sites for hydroxylation is 1. The maximum atomic E-state index is 12.3. The van der Waals surface area contributed by atoms with Gasteiger partial charge in [-0.2, -0.15) is 10.5 Å². The second-order valence-corrected chi connectivity index (χ2v) is 6.80. The number of esters is 1. The molecule has 3 aromatic rings. The van der Waals surface area contributed by atoms with Crippen molar-refractivity contribution < 1.29 is 14.3 Å². The van der Waals surface area contributed by atoms with Gasteiger partial charge in [-0.1, -0.05) is 24.3 Å². The summed E-state index contributed by atoms with van der Waals surface area (Å²) in [7, 11) is 0. The molecule has 7 heteroatoms. The van der Waals surface area contributed by atoms with Gasteiger partial charge in [0.25, 0.3) is 5.91 Å². The molecule has 0 unspecified atom stereocenters. The number of amides is 1. The number of fused-ring (bicyclic) bond motifs is 1. The molecule has 0 saturated carbocycles. The fourth-order valence-electron chi connectivity index (χ4n) is 3.10. The molecule has 31 heavy (non-hydrogen) atoms. The van der Waals surface area contributed by atoms with Crippen LogP contribution in [0, 0.1) is 22.7 Å². The first-order chi connectivity index (χ1) is 15.0. The van der Waals surface area contributed by atoms with Gasteiger partial charge in [0.1, 0.15) is 0 Å². The van der Waals surface area contributed by atoms with E-state index in [-0.39, 0.29) is 0 Å². The van der Waals surface area contributed by atoms with Gasteiger partial charge in [0.2, 0.25) is 0 Å². The van der Waals surface area contributed by atoms with E-state index >= 15 is 0 Å². The number of carbonyl (C=O) groups excluding carboxylic acids is 2. The summed E-state index contributed by atoms with van der Waals surface area (Å²) >= 11 is 0. The number of aromatic nitrogens is 1. The minimum Gasteiger partial charge on any atom is -0.449 e. The molecule has 7 nitrogen and oxygen atoms in total. The van der Waals surface area contributed by atoms with Crippen LogP contribution >= 0.6 is 0 Å². The number of hydrogen-bond acceptors (Lipinski definition) is 5. The van der Waals surface area contributed by atoms with Crippen LogP contribution in [-0.4, -0.2) is 22.5 Å². The fourth-order valence-corrected chi connectivity index (χ4v) is 3.10. The molecule has 0 aliphatic carbocycles. The molecule has 1 heterocycles. The van der Waals surface area contributed by atoms with Crippen molar-refractivity contribution in [2.45, 2.75) is 26.0 Å². The van der Waals surface area contributed by atoms with Gasteiger partial charge in [-0.05, 0) is 37.3 Å². The molecule has 0 aliphatic heterocycles. The third kappa shape index (κ3) is 5.37. The second-order valence-electron chi connectivity index (χ2n) is 6.80. The molecule has 1 atom stereocenters. The lowest BCUT2D eigenvalue weighted by Gasteiger charge is -2.12. The molecule has 0 bridgehead atoms. The highest BCUT2D eigenvalue weighted by Crippen LogP contribution is 2.23. The Morgan fingerprint density at radius 2 is 2.00 bits per heavy atom. The highest BCUT2D eigenvalue weighted by atomic mass is 16.5. The monoisotopic (exact) mass is 412 g/mol. The van der Waals surface area contributed by atoms with Crippen molar-refractivity contribution in [1.82, 2.24) is 4.57 Å². The molecule has 0 fully saturated rings. The fraction of sp³-hybridized carbons (Fsp3) is 0.167. The maximum Gasteiger partial charge on any atom is 0.331 e. The summed E-state index contributed by atoms with van der Waals surface area (Å²) < 4.78 is 7.16. The minimum absolute atomic E-state index is 0.383.